The van der Waals surface area contributed by atoms with Crippen LogP contribution in [0.3, 0.4) is 0 Å². The Bertz CT molecular complexity index is 531. The van der Waals surface area contributed by atoms with Crippen LogP contribution in [0.2, 0.25) is 0 Å². The van der Waals surface area contributed by atoms with E-state index in [-0.39, 0.29) is 18.1 Å². The number of morpholine rings is 1. The van der Waals surface area contributed by atoms with E-state index in [1.165, 1.54) is 12.0 Å². The van der Waals surface area contributed by atoms with Crippen LogP contribution in [0.1, 0.15) is 38.2 Å². The largest absolute Gasteiger partial charge is 0.378 e. The number of hydrogen-bond acceptors (Lipinski definition) is 4. The monoisotopic (exact) mass is 346 g/mol. The Morgan fingerprint density at radius 2 is 2.12 bits per heavy atom. The molecule has 3 rings (SSSR count). The highest BCUT2D eigenvalue weighted by Gasteiger charge is 2.27. The predicted molar refractivity (Wildman–Crippen MR) is 97.3 cm³/mol. The molecular formula is C20H30N2O3. The van der Waals surface area contributed by atoms with Crippen LogP contribution in [0.4, 0.5) is 0 Å². The molecule has 0 aliphatic carbocycles. The second kappa shape index (κ2) is 9.32. The van der Waals surface area contributed by atoms with E-state index in [0.29, 0.717) is 19.3 Å². The summed E-state index contributed by atoms with van der Waals surface area (Å²) >= 11 is 0. The molecule has 0 radical (unpaired) electrons. The Balaban J connectivity index is 1.41. The molecule has 1 aromatic carbocycles. The first kappa shape index (κ1) is 18.4. The van der Waals surface area contributed by atoms with Gasteiger partial charge in [-0.05, 0) is 38.2 Å². The van der Waals surface area contributed by atoms with Crippen molar-refractivity contribution >= 4 is 5.91 Å². The molecule has 1 N–H and O–H groups in total. The SMILES string of the molecule is C[C@H](CC[C@@H]1CCCO1)NC(=O)[C@H]1CN(Cc2ccccc2)CCO1. The van der Waals surface area contributed by atoms with Gasteiger partial charge in [0, 0.05) is 32.3 Å². The Labute approximate surface area is 150 Å². The van der Waals surface area contributed by atoms with Crippen LogP contribution in [-0.4, -0.2) is 55.4 Å². The van der Waals surface area contributed by atoms with Gasteiger partial charge in [0.05, 0.1) is 12.7 Å². The molecule has 2 heterocycles. The topological polar surface area (TPSA) is 50.8 Å². The number of ether oxygens (including phenoxy) is 2. The summed E-state index contributed by atoms with van der Waals surface area (Å²) in [6, 6.07) is 10.5. The molecule has 5 heteroatoms. The summed E-state index contributed by atoms with van der Waals surface area (Å²) in [5.74, 6) is 0.0117. The lowest BCUT2D eigenvalue weighted by molar-refractivity contribution is -0.139. The van der Waals surface area contributed by atoms with E-state index in [2.05, 4.69) is 41.4 Å². The third kappa shape index (κ3) is 5.80. The standard InChI is InChI=1S/C20H30N2O3/c1-16(9-10-18-8-5-12-24-18)21-20(23)19-15-22(11-13-25-19)14-17-6-3-2-4-7-17/h2-4,6-7,16,18-19H,5,8-15H2,1H3,(H,21,23)/t16-,18+,19-/m1/s1. The molecule has 3 atom stereocenters. The predicted octanol–water partition coefficient (Wildman–Crippen LogP) is 2.35. The van der Waals surface area contributed by atoms with Crippen molar-refractivity contribution in [2.75, 3.05) is 26.3 Å². The summed E-state index contributed by atoms with van der Waals surface area (Å²) in [6.45, 7) is 5.94. The van der Waals surface area contributed by atoms with Crippen LogP contribution in [0.25, 0.3) is 0 Å². The van der Waals surface area contributed by atoms with Crippen molar-refractivity contribution in [3.05, 3.63) is 35.9 Å². The van der Waals surface area contributed by atoms with Crippen LogP contribution in [0.5, 0.6) is 0 Å². The molecule has 25 heavy (non-hydrogen) atoms. The first-order chi connectivity index (χ1) is 12.2. The van der Waals surface area contributed by atoms with E-state index < -0.39 is 0 Å². The summed E-state index contributed by atoms with van der Waals surface area (Å²) in [7, 11) is 0. The van der Waals surface area contributed by atoms with Gasteiger partial charge < -0.3 is 14.8 Å². The molecule has 2 fully saturated rings. The fraction of sp³-hybridized carbons (Fsp3) is 0.650. The number of carbonyl (C=O) groups is 1. The fourth-order valence-corrected chi connectivity index (χ4v) is 3.56. The minimum absolute atomic E-state index is 0.0117. The maximum atomic E-state index is 12.5. The van der Waals surface area contributed by atoms with Crippen LogP contribution in [0, 0.1) is 0 Å². The zero-order valence-electron chi connectivity index (χ0n) is 15.2. The third-order valence-electron chi connectivity index (χ3n) is 5.03. The van der Waals surface area contributed by atoms with Gasteiger partial charge >= 0.3 is 0 Å². The molecule has 0 unspecified atom stereocenters. The van der Waals surface area contributed by atoms with Crippen molar-refractivity contribution in [3.8, 4) is 0 Å². The molecule has 2 aliphatic heterocycles. The molecule has 0 aromatic heterocycles. The second-order valence-corrected chi connectivity index (χ2v) is 7.20. The van der Waals surface area contributed by atoms with Gasteiger partial charge in [-0.15, -0.1) is 0 Å². The summed E-state index contributed by atoms with van der Waals surface area (Å²) in [4.78, 5) is 14.8. The molecule has 1 aromatic rings. The number of hydrogen-bond donors (Lipinski definition) is 1. The first-order valence-corrected chi connectivity index (χ1v) is 9.50. The molecule has 2 aliphatic rings. The number of amides is 1. The zero-order chi connectivity index (χ0) is 17.5. The molecular weight excluding hydrogens is 316 g/mol. The van der Waals surface area contributed by atoms with Crippen LogP contribution < -0.4 is 5.32 Å². The lowest BCUT2D eigenvalue weighted by Gasteiger charge is -2.32. The van der Waals surface area contributed by atoms with Crippen molar-refractivity contribution in [2.45, 2.75) is 57.4 Å². The Hall–Kier alpha value is -1.43. The minimum Gasteiger partial charge on any atom is -0.378 e. The Morgan fingerprint density at radius 1 is 1.28 bits per heavy atom. The second-order valence-electron chi connectivity index (χ2n) is 7.20. The summed E-state index contributed by atoms with van der Waals surface area (Å²) < 4.78 is 11.4. The maximum absolute atomic E-state index is 12.5. The number of nitrogens with one attached hydrogen (secondary N) is 1. The van der Waals surface area contributed by atoms with E-state index in [4.69, 9.17) is 9.47 Å². The molecule has 5 nitrogen and oxygen atoms in total. The average Bonchev–Trinajstić information content (AvgIpc) is 3.15. The van der Waals surface area contributed by atoms with Gasteiger partial charge in [-0.3, -0.25) is 9.69 Å². The van der Waals surface area contributed by atoms with Crippen molar-refractivity contribution in [1.82, 2.24) is 10.2 Å². The lowest BCUT2D eigenvalue weighted by atomic mass is 10.1. The van der Waals surface area contributed by atoms with Gasteiger partial charge in [0.25, 0.3) is 5.91 Å². The number of nitrogens with zero attached hydrogens (tertiary/aromatic N) is 1. The van der Waals surface area contributed by atoms with E-state index in [1.807, 2.05) is 6.07 Å². The third-order valence-corrected chi connectivity index (χ3v) is 5.03. The fourth-order valence-electron chi connectivity index (χ4n) is 3.56. The summed E-state index contributed by atoms with van der Waals surface area (Å²) in [5, 5.41) is 3.11. The van der Waals surface area contributed by atoms with Crippen LogP contribution in [-0.2, 0) is 20.8 Å². The van der Waals surface area contributed by atoms with E-state index in [9.17, 15) is 4.79 Å². The van der Waals surface area contributed by atoms with Gasteiger partial charge in [0.1, 0.15) is 6.10 Å². The van der Waals surface area contributed by atoms with Gasteiger partial charge in [-0.25, -0.2) is 0 Å². The molecule has 0 spiro atoms. The highest BCUT2D eigenvalue weighted by atomic mass is 16.5. The summed E-state index contributed by atoms with van der Waals surface area (Å²) in [6.07, 6.45) is 4.30. The highest BCUT2D eigenvalue weighted by molar-refractivity contribution is 5.81. The van der Waals surface area contributed by atoms with Gasteiger partial charge in [-0.1, -0.05) is 30.3 Å². The Kier molecular flexibility index (Phi) is 6.84. The highest BCUT2D eigenvalue weighted by Crippen LogP contribution is 2.18. The molecule has 138 valence electrons. The maximum Gasteiger partial charge on any atom is 0.250 e. The van der Waals surface area contributed by atoms with E-state index in [1.54, 1.807) is 0 Å². The minimum atomic E-state index is -0.373. The van der Waals surface area contributed by atoms with E-state index in [0.717, 1.165) is 39.0 Å². The number of rotatable bonds is 7. The quantitative estimate of drug-likeness (QED) is 0.823. The van der Waals surface area contributed by atoms with Crippen molar-refractivity contribution in [2.24, 2.45) is 0 Å². The first-order valence-electron chi connectivity index (χ1n) is 9.50. The Morgan fingerprint density at radius 3 is 2.88 bits per heavy atom. The number of carbonyl (C=O) groups excluding carboxylic acids is 1. The molecule has 0 saturated carbocycles. The van der Waals surface area contributed by atoms with Crippen LogP contribution >= 0.6 is 0 Å². The van der Waals surface area contributed by atoms with Crippen molar-refractivity contribution < 1.29 is 14.3 Å². The van der Waals surface area contributed by atoms with E-state index >= 15 is 0 Å². The average molecular weight is 346 g/mol. The normalized spacial score (nSPS) is 25.6. The zero-order valence-corrected chi connectivity index (χ0v) is 15.2. The number of benzene rings is 1. The van der Waals surface area contributed by atoms with Crippen LogP contribution in [0.15, 0.2) is 30.3 Å². The lowest BCUT2D eigenvalue weighted by Crippen LogP contribution is -2.51. The molecule has 2 saturated heterocycles. The van der Waals surface area contributed by atoms with Gasteiger partial charge in [0.2, 0.25) is 0 Å². The van der Waals surface area contributed by atoms with Gasteiger partial charge in [0.15, 0.2) is 0 Å². The summed E-state index contributed by atoms with van der Waals surface area (Å²) in [5.41, 5.74) is 1.27. The molecule has 1 amide bonds. The molecule has 0 bridgehead atoms. The van der Waals surface area contributed by atoms with Gasteiger partial charge in [-0.2, -0.15) is 0 Å². The van der Waals surface area contributed by atoms with Crippen molar-refractivity contribution in [3.63, 3.8) is 0 Å². The smallest absolute Gasteiger partial charge is 0.250 e. The van der Waals surface area contributed by atoms with Crippen molar-refractivity contribution in [1.29, 1.82) is 0 Å².